The highest BCUT2D eigenvalue weighted by atomic mass is 16.5. The minimum Gasteiger partial charge on any atom is -0.484 e. The lowest BCUT2D eigenvalue weighted by atomic mass is 9.54. The lowest BCUT2D eigenvalue weighted by Crippen LogP contribution is -2.93. The van der Waals surface area contributed by atoms with Gasteiger partial charge in [-0.3, -0.25) is 4.79 Å². The standard InChI is InChI=1S/C23H34N2O2/c1-23(2,3)25-21(26)14-27-20-6-4-15(5-7-20)13-24-22-18-9-16-8-17(11-18)12-19(22)10-16/h4-7,16-19,22,24H,8-14H2,1-3H3,(H,25,26)/p+1. The topological polar surface area (TPSA) is 54.9 Å². The molecule has 0 aromatic heterocycles. The van der Waals surface area contributed by atoms with E-state index >= 15 is 0 Å². The van der Waals surface area contributed by atoms with E-state index in [4.69, 9.17) is 4.74 Å². The molecule has 0 radical (unpaired) electrons. The molecule has 1 aromatic carbocycles. The van der Waals surface area contributed by atoms with Crippen molar-refractivity contribution in [3.8, 4) is 5.75 Å². The minimum absolute atomic E-state index is 0.0660. The van der Waals surface area contributed by atoms with E-state index in [1.54, 1.807) is 0 Å². The van der Waals surface area contributed by atoms with Crippen LogP contribution in [0.1, 0.15) is 58.4 Å². The second kappa shape index (κ2) is 7.46. The SMILES string of the molecule is CC(C)(C)NC(=O)COc1ccc(C[NH2+]C2C3CC4CC(C3)CC2C4)cc1. The highest BCUT2D eigenvalue weighted by Crippen LogP contribution is 2.52. The molecule has 4 nitrogen and oxygen atoms in total. The molecule has 148 valence electrons. The smallest absolute Gasteiger partial charge is 0.258 e. The predicted octanol–water partition coefficient (Wildman–Crippen LogP) is 2.87. The summed E-state index contributed by atoms with van der Waals surface area (Å²) < 4.78 is 5.62. The fourth-order valence-electron chi connectivity index (χ4n) is 5.95. The summed E-state index contributed by atoms with van der Waals surface area (Å²) in [6.45, 7) is 7.04. The largest absolute Gasteiger partial charge is 0.484 e. The molecule has 0 aliphatic heterocycles. The fourth-order valence-corrected chi connectivity index (χ4v) is 5.95. The molecule has 4 heteroatoms. The molecule has 0 unspecified atom stereocenters. The molecule has 4 bridgehead atoms. The summed E-state index contributed by atoms with van der Waals surface area (Å²) in [5.41, 5.74) is 1.12. The van der Waals surface area contributed by atoms with Gasteiger partial charge in [0, 0.05) is 22.9 Å². The van der Waals surface area contributed by atoms with E-state index in [1.807, 2.05) is 32.9 Å². The zero-order chi connectivity index (χ0) is 19.0. The quantitative estimate of drug-likeness (QED) is 0.808. The Hall–Kier alpha value is -1.55. The number of hydrogen-bond acceptors (Lipinski definition) is 2. The fraction of sp³-hybridized carbons (Fsp3) is 0.696. The Morgan fingerprint density at radius 1 is 1.04 bits per heavy atom. The Morgan fingerprint density at radius 2 is 1.63 bits per heavy atom. The van der Waals surface area contributed by atoms with Gasteiger partial charge in [0.15, 0.2) is 6.61 Å². The maximum absolute atomic E-state index is 11.9. The molecule has 0 saturated heterocycles. The molecule has 4 fully saturated rings. The van der Waals surface area contributed by atoms with Crippen molar-refractivity contribution >= 4 is 5.91 Å². The van der Waals surface area contributed by atoms with Crippen LogP contribution in [0.25, 0.3) is 0 Å². The van der Waals surface area contributed by atoms with Gasteiger partial charge in [-0.1, -0.05) is 0 Å². The van der Waals surface area contributed by atoms with Crippen LogP contribution in [0.3, 0.4) is 0 Å². The number of quaternary nitrogens is 1. The van der Waals surface area contributed by atoms with Gasteiger partial charge in [-0.05, 0) is 89.0 Å². The molecule has 3 N–H and O–H groups in total. The van der Waals surface area contributed by atoms with Gasteiger partial charge in [-0.2, -0.15) is 0 Å². The molecular formula is C23H35N2O2+. The third kappa shape index (κ3) is 4.66. The highest BCUT2D eigenvalue weighted by molar-refractivity contribution is 5.78. The second-order valence-corrected chi connectivity index (χ2v) is 10.2. The van der Waals surface area contributed by atoms with Gasteiger partial charge in [0.25, 0.3) is 5.91 Å². The maximum Gasteiger partial charge on any atom is 0.258 e. The summed E-state index contributed by atoms with van der Waals surface area (Å²) in [6, 6.07) is 9.11. The summed E-state index contributed by atoms with van der Waals surface area (Å²) in [5.74, 6) is 4.70. The molecule has 0 heterocycles. The molecular weight excluding hydrogens is 336 g/mol. The van der Waals surface area contributed by atoms with Gasteiger partial charge in [0.1, 0.15) is 12.3 Å². The zero-order valence-corrected chi connectivity index (χ0v) is 17.0. The number of nitrogens with two attached hydrogens (primary N) is 1. The summed E-state index contributed by atoms with van der Waals surface area (Å²) in [4.78, 5) is 11.9. The van der Waals surface area contributed by atoms with Crippen molar-refractivity contribution in [3.63, 3.8) is 0 Å². The first-order chi connectivity index (χ1) is 12.9. The van der Waals surface area contributed by atoms with Crippen molar-refractivity contribution in [2.45, 2.75) is 71.0 Å². The maximum atomic E-state index is 11.9. The van der Waals surface area contributed by atoms with E-state index in [1.165, 1.54) is 37.7 Å². The molecule has 4 saturated carbocycles. The van der Waals surface area contributed by atoms with E-state index in [0.717, 1.165) is 42.0 Å². The number of nitrogens with one attached hydrogen (secondary N) is 1. The van der Waals surface area contributed by atoms with E-state index in [2.05, 4.69) is 22.8 Å². The first kappa shape index (κ1) is 18.8. The van der Waals surface area contributed by atoms with Crippen LogP contribution in [-0.2, 0) is 11.3 Å². The number of rotatable bonds is 6. The van der Waals surface area contributed by atoms with Crippen LogP contribution >= 0.6 is 0 Å². The number of hydrogen-bond donors (Lipinski definition) is 2. The summed E-state index contributed by atoms with van der Waals surface area (Å²) >= 11 is 0. The Balaban J connectivity index is 1.24. The van der Waals surface area contributed by atoms with Crippen LogP contribution in [-0.4, -0.2) is 24.1 Å². The lowest BCUT2D eigenvalue weighted by molar-refractivity contribution is -0.723. The minimum atomic E-state index is -0.224. The third-order valence-corrected chi connectivity index (χ3v) is 6.73. The van der Waals surface area contributed by atoms with Gasteiger partial charge in [0.2, 0.25) is 0 Å². The van der Waals surface area contributed by atoms with Gasteiger partial charge < -0.3 is 15.4 Å². The average Bonchev–Trinajstić information content (AvgIpc) is 2.58. The summed E-state index contributed by atoms with van der Waals surface area (Å²) in [5, 5.41) is 5.52. The van der Waals surface area contributed by atoms with Gasteiger partial charge in [-0.15, -0.1) is 0 Å². The first-order valence-corrected chi connectivity index (χ1v) is 10.7. The number of carbonyl (C=O) groups excluding carboxylic acids is 1. The molecule has 1 aromatic rings. The van der Waals surface area contributed by atoms with Gasteiger partial charge in [-0.25, -0.2) is 0 Å². The number of benzene rings is 1. The average molecular weight is 372 g/mol. The lowest BCUT2D eigenvalue weighted by Gasteiger charge is -2.52. The van der Waals surface area contributed by atoms with Crippen LogP contribution in [0, 0.1) is 23.7 Å². The van der Waals surface area contributed by atoms with Gasteiger partial charge in [0.05, 0.1) is 6.04 Å². The normalized spacial score (nSPS) is 31.7. The summed E-state index contributed by atoms with van der Waals surface area (Å²) in [7, 11) is 0. The first-order valence-electron chi connectivity index (χ1n) is 10.7. The number of carbonyl (C=O) groups is 1. The van der Waals surface area contributed by atoms with Crippen LogP contribution in [0.4, 0.5) is 0 Å². The molecule has 27 heavy (non-hydrogen) atoms. The highest BCUT2D eigenvalue weighted by Gasteiger charge is 2.49. The Labute approximate surface area is 163 Å². The second-order valence-electron chi connectivity index (χ2n) is 10.2. The molecule has 0 spiro atoms. The van der Waals surface area contributed by atoms with Crippen molar-refractivity contribution in [2.75, 3.05) is 6.61 Å². The molecule has 1 amide bonds. The predicted molar refractivity (Wildman–Crippen MR) is 106 cm³/mol. The van der Waals surface area contributed by atoms with Crippen molar-refractivity contribution in [2.24, 2.45) is 23.7 Å². The van der Waals surface area contributed by atoms with Gasteiger partial charge >= 0.3 is 0 Å². The van der Waals surface area contributed by atoms with Crippen molar-refractivity contribution in [3.05, 3.63) is 29.8 Å². The molecule has 0 atom stereocenters. The third-order valence-electron chi connectivity index (χ3n) is 6.73. The van der Waals surface area contributed by atoms with Crippen molar-refractivity contribution in [1.82, 2.24) is 5.32 Å². The van der Waals surface area contributed by atoms with Crippen LogP contribution in [0.15, 0.2) is 24.3 Å². The Morgan fingerprint density at radius 3 is 2.19 bits per heavy atom. The van der Waals surface area contributed by atoms with Crippen LogP contribution < -0.4 is 15.4 Å². The Kier molecular flexibility index (Phi) is 5.19. The van der Waals surface area contributed by atoms with Crippen molar-refractivity contribution in [1.29, 1.82) is 0 Å². The van der Waals surface area contributed by atoms with Crippen molar-refractivity contribution < 1.29 is 14.8 Å². The monoisotopic (exact) mass is 371 g/mol. The number of amides is 1. The summed E-state index contributed by atoms with van der Waals surface area (Å²) in [6.07, 6.45) is 7.46. The van der Waals surface area contributed by atoms with Crippen LogP contribution in [0.2, 0.25) is 0 Å². The Bertz CT molecular complexity index is 634. The number of ether oxygens (including phenoxy) is 1. The molecule has 4 aliphatic rings. The van der Waals surface area contributed by atoms with E-state index in [0.29, 0.717) is 0 Å². The molecule has 5 rings (SSSR count). The van der Waals surface area contributed by atoms with Crippen LogP contribution in [0.5, 0.6) is 5.75 Å². The van der Waals surface area contributed by atoms with E-state index < -0.39 is 0 Å². The van der Waals surface area contributed by atoms with E-state index in [-0.39, 0.29) is 18.1 Å². The molecule has 4 aliphatic carbocycles. The van der Waals surface area contributed by atoms with E-state index in [9.17, 15) is 4.79 Å². The zero-order valence-electron chi connectivity index (χ0n) is 17.0.